The van der Waals surface area contributed by atoms with E-state index in [1.165, 1.54) is 0 Å². The number of nitrogens with one attached hydrogen (secondary N) is 1. The lowest BCUT2D eigenvalue weighted by Crippen LogP contribution is -2.32. The number of aromatic nitrogens is 1. The summed E-state index contributed by atoms with van der Waals surface area (Å²) in [5, 5.41) is 2.73. The van der Waals surface area contributed by atoms with E-state index < -0.39 is 11.7 Å². The van der Waals surface area contributed by atoms with Crippen LogP contribution in [-0.2, 0) is 17.7 Å². The van der Waals surface area contributed by atoms with Gasteiger partial charge in [-0.25, -0.2) is 4.79 Å². The number of rotatable bonds is 3. The van der Waals surface area contributed by atoms with Crippen molar-refractivity contribution in [2.24, 2.45) is 0 Å². The normalized spacial score (nSPS) is 11.2. The number of alkyl carbamates (subject to hydrolysis) is 1. The molecule has 0 unspecified atom stereocenters. The second kappa shape index (κ2) is 5.85. The van der Waals surface area contributed by atoms with Crippen molar-refractivity contribution in [3.05, 3.63) is 29.1 Å². The quantitative estimate of drug-likeness (QED) is 0.897. The molecule has 1 aromatic heterocycles. The minimum absolute atomic E-state index is 0.401. The molecule has 0 aliphatic carbocycles. The summed E-state index contributed by atoms with van der Waals surface area (Å²) in [4.78, 5) is 15.9. The van der Waals surface area contributed by atoms with E-state index in [0.29, 0.717) is 6.54 Å². The molecule has 100 valence electrons. The fourth-order valence-electron chi connectivity index (χ4n) is 1.59. The van der Waals surface area contributed by atoms with Crippen molar-refractivity contribution < 1.29 is 9.53 Å². The molecule has 0 atom stereocenters. The summed E-state index contributed by atoms with van der Waals surface area (Å²) in [6.07, 6.45) is 2.30. The first-order chi connectivity index (χ1) is 8.31. The first-order valence-corrected chi connectivity index (χ1v) is 6.23. The van der Waals surface area contributed by atoms with Crippen LogP contribution in [0, 0.1) is 6.92 Å². The third-order valence-corrected chi connectivity index (χ3v) is 2.38. The van der Waals surface area contributed by atoms with Crippen LogP contribution in [0.4, 0.5) is 4.79 Å². The maximum Gasteiger partial charge on any atom is 0.407 e. The molecule has 1 rings (SSSR count). The zero-order chi connectivity index (χ0) is 13.8. The van der Waals surface area contributed by atoms with Gasteiger partial charge in [0.1, 0.15) is 5.60 Å². The van der Waals surface area contributed by atoms with Crippen LogP contribution < -0.4 is 5.32 Å². The maximum absolute atomic E-state index is 11.5. The summed E-state index contributed by atoms with van der Waals surface area (Å²) < 4.78 is 5.18. The molecule has 1 aromatic rings. The third kappa shape index (κ3) is 4.73. The maximum atomic E-state index is 11.5. The molecule has 0 radical (unpaired) electrons. The van der Waals surface area contributed by atoms with E-state index in [0.717, 1.165) is 23.2 Å². The Morgan fingerprint density at radius 2 is 2.11 bits per heavy atom. The Hall–Kier alpha value is -1.58. The highest BCUT2D eigenvalue weighted by atomic mass is 16.6. The van der Waals surface area contributed by atoms with Crippen molar-refractivity contribution >= 4 is 6.09 Å². The topological polar surface area (TPSA) is 51.2 Å². The van der Waals surface area contributed by atoms with E-state index in [1.807, 2.05) is 33.9 Å². The van der Waals surface area contributed by atoms with E-state index in [9.17, 15) is 4.79 Å². The molecule has 1 N–H and O–H groups in total. The van der Waals surface area contributed by atoms with Gasteiger partial charge >= 0.3 is 6.09 Å². The van der Waals surface area contributed by atoms with Crippen LogP contribution >= 0.6 is 0 Å². The van der Waals surface area contributed by atoms with Gasteiger partial charge in [-0.2, -0.15) is 0 Å². The molecule has 0 aliphatic rings. The van der Waals surface area contributed by atoms with Crippen LogP contribution in [-0.4, -0.2) is 16.7 Å². The van der Waals surface area contributed by atoms with Crippen molar-refractivity contribution in [3.8, 4) is 0 Å². The summed E-state index contributed by atoms with van der Waals surface area (Å²) in [6, 6.07) is 2.10. The summed E-state index contributed by atoms with van der Waals surface area (Å²) in [5.41, 5.74) is 2.71. The van der Waals surface area contributed by atoms with Crippen LogP contribution in [0.2, 0.25) is 0 Å². The molecule has 0 aliphatic heterocycles. The van der Waals surface area contributed by atoms with Gasteiger partial charge in [0, 0.05) is 6.20 Å². The second-order valence-corrected chi connectivity index (χ2v) is 5.33. The molecule has 18 heavy (non-hydrogen) atoms. The number of aryl methyl sites for hydroxylation is 2. The first kappa shape index (κ1) is 14.5. The molecule has 0 saturated heterocycles. The SMILES string of the molecule is CCc1cc(C)cnc1CNC(=O)OC(C)(C)C. The first-order valence-electron chi connectivity index (χ1n) is 6.23. The summed E-state index contributed by atoms with van der Waals surface area (Å²) >= 11 is 0. The Kier molecular flexibility index (Phi) is 4.70. The molecular weight excluding hydrogens is 228 g/mol. The Bertz CT molecular complexity index is 422. The fourth-order valence-corrected chi connectivity index (χ4v) is 1.59. The molecule has 0 fully saturated rings. The largest absolute Gasteiger partial charge is 0.444 e. The van der Waals surface area contributed by atoms with Gasteiger partial charge in [-0.1, -0.05) is 13.0 Å². The van der Waals surface area contributed by atoms with Crippen molar-refractivity contribution in [3.63, 3.8) is 0 Å². The van der Waals surface area contributed by atoms with Crippen LogP contribution in [0.25, 0.3) is 0 Å². The van der Waals surface area contributed by atoms with Gasteiger partial charge in [0.15, 0.2) is 0 Å². The zero-order valence-corrected chi connectivity index (χ0v) is 11.8. The predicted octanol–water partition coefficient (Wildman–Crippen LogP) is 2.98. The van der Waals surface area contributed by atoms with Crippen molar-refractivity contribution in [1.29, 1.82) is 0 Å². The van der Waals surface area contributed by atoms with Crippen LogP contribution in [0.3, 0.4) is 0 Å². The average Bonchev–Trinajstić information content (AvgIpc) is 2.24. The van der Waals surface area contributed by atoms with Gasteiger partial charge in [0.25, 0.3) is 0 Å². The number of carbonyl (C=O) groups is 1. The van der Waals surface area contributed by atoms with E-state index in [-0.39, 0.29) is 0 Å². The highest BCUT2D eigenvalue weighted by Gasteiger charge is 2.16. The average molecular weight is 250 g/mol. The molecule has 0 spiro atoms. The van der Waals surface area contributed by atoms with Crippen molar-refractivity contribution in [1.82, 2.24) is 10.3 Å². The molecule has 4 nitrogen and oxygen atoms in total. The lowest BCUT2D eigenvalue weighted by molar-refractivity contribution is 0.0523. The number of amides is 1. The zero-order valence-electron chi connectivity index (χ0n) is 11.8. The second-order valence-electron chi connectivity index (χ2n) is 5.33. The van der Waals surface area contributed by atoms with E-state index in [4.69, 9.17) is 4.74 Å². The van der Waals surface area contributed by atoms with Crippen molar-refractivity contribution in [2.75, 3.05) is 0 Å². The Morgan fingerprint density at radius 1 is 1.44 bits per heavy atom. The van der Waals surface area contributed by atoms with Gasteiger partial charge in [0.05, 0.1) is 12.2 Å². The molecule has 0 bridgehead atoms. The lowest BCUT2D eigenvalue weighted by Gasteiger charge is -2.19. The van der Waals surface area contributed by atoms with Crippen LogP contribution in [0.5, 0.6) is 0 Å². The minimum Gasteiger partial charge on any atom is -0.444 e. The number of ether oxygens (including phenoxy) is 1. The third-order valence-electron chi connectivity index (χ3n) is 2.38. The molecular formula is C14H22N2O2. The van der Waals surface area contributed by atoms with Gasteiger partial charge in [-0.3, -0.25) is 4.98 Å². The van der Waals surface area contributed by atoms with E-state index in [1.54, 1.807) is 0 Å². The van der Waals surface area contributed by atoms with Crippen LogP contribution in [0.15, 0.2) is 12.3 Å². The molecule has 0 aromatic carbocycles. The van der Waals surface area contributed by atoms with Crippen molar-refractivity contribution in [2.45, 2.75) is 53.2 Å². The molecule has 1 heterocycles. The van der Waals surface area contributed by atoms with Gasteiger partial charge in [-0.05, 0) is 45.2 Å². The Labute approximate surface area is 109 Å². The van der Waals surface area contributed by atoms with Gasteiger partial charge in [-0.15, -0.1) is 0 Å². The van der Waals surface area contributed by atoms with E-state index >= 15 is 0 Å². The summed E-state index contributed by atoms with van der Waals surface area (Å²) in [6.45, 7) is 10.0. The predicted molar refractivity (Wildman–Crippen MR) is 71.4 cm³/mol. The fraction of sp³-hybridized carbons (Fsp3) is 0.571. The molecule has 0 saturated carbocycles. The molecule has 4 heteroatoms. The van der Waals surface area contributed by atoms with Gasteiger partial charge < -0.3 is 10.1 Å². The van der Waals surface area contributed by atoms with E-state index in [2.05, 4.69) is 23.3 Å². The number of hydrogen-bond acceptors (Lipinski definition) is 3. The van der Waals surface area contributed by atoms with Crippen LogP contribution in [0.1, 0.15) is 44.5 Å². The standard InChI is InChI=1S/C14H22N2O2/c1-6-11-7-10(2)8-15-12(11)9-16-13(17)18-14(3,4)5/h7-8H,6,9H2,1-5H3,(H,16,17). The number of pyridine rings is 1. The minimum atomic E-state index is -0.474. The highest BCUT2D eigenvalue weighted by Crippen LogP contribution is 2.10. The Morgan fingerprint density at radius 3 is 2.67 bits per heavy atom. The van der Waals surface area contributed by atoms with Gasteiger partial charge in [0.2, 0.25) is 0 Å². The monoisotopic (exact) mass is 250 g/mol. The summed E-state index contributed by atoms with van der Waals surface area (Å²) in [5.74, 6) is 0. The number of carbonyl (C=O) groups excluding carboxylic acids is 1. The molecule has 1 amide bonds. The Balaban J connectivity index is 2.61. The number of nitrogens with zero attached hydrogens (tertiary/aromatic N) is 1. The summed E-state index contributed by atoms with van der Waals surface area (Å²) in [7, 11) is 0. The smallest absolute Gasteiger partial charge is 0.407 e. The highest BCUT2D eigenvalue weighted by molar-refractivity contribution is 5.67. The lowest BCUT2D eigenvalue weighted by atomic mass is 10.1. The number of hydrogen-bond donors (Lipinski definition) is 1.